The first kappa shape index (κ1) is 14.5. The van der Waals surface area contributed by atoms with Gasteiger partial charge in [0.2, 0.25) is 5.91 Å². The van der Waals surface area contributed by atoms with Crippen LogP contribution in [0.15, 0.2) is 11.6 Å². The number of rotatable bonds is 4. The Labute approximate surface area is 119 Å². The monoisotopic (exact) mass is 281 g/mol. The minimum atomic E-state index is 0.110. The Bertz CT molecular complexity index is 397. The van der Waals surface area contributed by atoms with E-state index in [1.54, 1.807) is 11.3 Å². The quantitative estimate of drug-likeness (QED) is 0.922. The molecule has 1 atom stereocenters. The van der Waals surface area contributed by atoms with Gasteiger partial charge in [-0.1, -0.05) is 13.8 Å². The number of hydrogen-bond acceptors (Lipinski definition) is 4. The minimum Gasteiger partial charge on any atom is -0.342 e. The number of hydrogen-bond donors (Lipinski definition) is 1. The first-order valence-corrected chi connectivity index (χ1v) is 7.90. The number of aromatic nitrogens is 1. The van der Waals surface area contributed by atoms with Crippen LogP contribution >= 0.6 is 11.3 Å². The van der Waals surface area contributed by atoms with Crippen molar-refractivity contribution >= 4 is 17.2 Å². The van der Waals surface area contributed by atoms with Crippen LogP contribution < -0.4 is 5.32 Å². The Hall–Kier alpha value is -0.940. The van der Waals surface area contributed by atoms with E-state index in [1.807, 2.05) is 30.3 Å². The maximum atomic E-state index is 11.9. The predicted octanol–water partition coefficient (Wildman–Crippen LogP) is 2.44. The van der Waals surface area contributed by atoms with Crippen molar-refractivity contribution in [3.63, 3.8) is 0 Å². The normalized spacial score (nSPS) is 18.8. The predicted molar refractivity (Wildman–Crippen MR) is 78.1 cm³/mol. The Morgan fingerprint density at radius 3 is 2.63 bits per heavy atom. The molecule has 2 heterocycles. The van der Waals surface area contributed by atoms with Gasteiger partial charge in [0.15, 0.2) is 0 Å². The van der Waals surface area contributed by atoms with E-state index in [1.165, 1.54) is 0 Å². The summed E-state index contributed by atoms with van der Waals surface area (Å²) >= 11 is 1.69. The maximum absolute atomic E-state index is 11.9. The number of thiazole rings is 1. The van der Waals surface area contributed by atoms with Gasteiger partial charge in [0.1, 0.15) is 5.01 Å². The fourth-order valence-corrected chi connectivity index (χ4v) is 3.16. The molecule has 0 spiro atoms. The number of carbonyl (C=O) groups is 1. The van der Waals surface area contributed by atoms with Gasteiger partial charge >= 0.3 is 0 Å². The summed E-state index contributed by atoms with van der Waals surface area (Å²) in [4.78, 5) is 18.2. The number of nitrogens with one attached hydrogen (secondary N) is 1. The first-order chi connectivity index (χ1) is 9.08. The molecule has 1 aromatic rings. The zero-order valence-corrected chi connectivity index (χ0v) is 12.7. The largest absolute Gasteiger partial charge is 0.342 e. The lowest BCUT2D eigenvalue weighted by molar-refractivity contribution is -0.135. The van der Waals surface area contributed by atoms with E-state index in [9.17, 15) is 4.79 Å². The summed E-state index contributed by atoms with van der Waals surface area (Å²) in [6, 6.07) is 0.799. The maximum Gasteiger partial charge on any atom is 0.225 e. The summed E-state index contributed by atoms with van der Waals surface area (Å²) in [7, 11) is 0. The van der Waals surface area contributed by atoms with Crippen LogP contribution in [0.4, 0.5) is 0 Å². The van der Waals surface area contributed by atoms with Crippen LogP contribution in [-0.2, 0) is 4.79 Å². The topological polar surface area (TPSA) is 45.2 Å². The molecular formula is C14H23N3OS. The van der Waals surface area contributed by atoms with Crippen LogP contribution in [0.3, 0.4) is 0 Å². The van der Waals surface area contributed by atoms with Crippen molar-refractivity contribution in [2.45, 2.75) is 45.7 Å². The Kier molecular flexibility index (Phi) is 4.93. The average molecular weight is 281 g/mol. The average Bonchev–Trinajstić information content (AvgIpc) is 2.92. The second-order valence-electron chi connectivity index (χ2n) is 5.51. The van der Waals surface area contributed by atoms with Crippen molar-refractivity contribution in [1.29, 1.82) is 0 Å². The molecule has 106 valence electrons. The van der Waals surface area contributed by atoms with Crippen molar-refractivity contribution in [3.05, 3.63) is 16.6 Å². The third kappa shape index (κ3) is 3.76. The molecule has 0 aliphatic carbocycles. The van der Waals surface area contributed by atoms with Gasteiger partial charge in [0.25, 0.3) is 0 Å². The molecule has 1 aliphatic heterocycles. The molecule has 19 heavy (non-hydrogen) atoms. The lowest BCUT2D eigenvalue weighted by Crippen LogP contribution is -2.46. The summed E-state index contributed by atoms with van der Waals surface area (Å²) in [5, 5.41) is 6.77. The highest BCUT2D eigenvalue weighted by atomic mass is 32.1. The number of amides is 1. The summed E-state index contributed by atoms with van der Waals surface area (Å²) in [5.74, 6) is 0.394. The molecule has 0 bridgehead atoms. The van der Waals surface area contributed by atoms with Gasteiger partial charge in [-0.15, -0.1) is 11.3 Å². The highest BCUT2D eigenvalue weighted by Gasteiger charge is 2.25. The third-order valence-electron chi connectivity index (χ3n) is 3.61. The molecule has 2 rings (SSSR count). The Morgan fingerprint density at radius 2 is 2.11 bits per heavy atom. The summed E-state index contributed by atoms with van der Waals surface area (Å²) in [6.07, 6.45) is 3.92. The highest BCUT2D eigenvalue weighted by molar-refractivity contribution is 7.09. The van der Waals surface area contributed by atoms with E-state index in [0.717, 1.165) is 30.9 Å². The fourth-order valence-electron chi connectivity index (χ4n) is 2.50. The smallest absolute Gasteiger partial charge is 0.225 e. The minimum absolute atomic E-state index is 0.110. The molecule has 0 saturated carbocycles. The molecule has 1 aromatic heterocycles. The molecule has 1 amide bonds. The van der Waals surface area contributed by atoms with E-state index in [0.29, 0.717) is 12.1 Å². The van der Waals surface area contributed by atoms with Crippen LogP contribution in [0.1, 0.15) is 44.7 Å². The zero-order chi connectivity index (χ0) is 13.8. The van der Waals surface area contributed by atoms with Gasteiger partial charge in [-0.05, 0) is 19.8 Å². The molecule has 1 fully saturated rings. The van der Waals surface area contributed by atoms with Crippen LogP contribution in [-0.4, -0.2) is 34.9 Å². The van der Waals surface area contributed by atoms with E-state index >= 15 is 0 Å². The third-order valence-corrected chi connectivity index (χ3v) is 4.57. The van der Waals surface area contributed by atoms with Crippen LogP contribution in [0.25, 0.3) is 0 Å². The van der Waals surface area contributed by atoms with E-state index in [-0.39, 0.29) is 11.8 Å². The molecular weight excluding hydrogens is 258 g/mol. The van der Waals surface area contributed by atoms with Crippen LogP contribution in [0, 0.1) is 5.92 Å². The lowest BCUT2D eigenvalue weighted by Gasteiger charge is -2.34. The second kappa shape index (κ2) is 6.48. The molecule has 0 radical (unpaired) electrons. The lowest BCUT2D eigenvalue weighted by atomic mass is 10.0. The molecule has 1 aliphatic rings. The molecule has 1 unspecified atom stereocenters. The van der Waals surface area contributed by atoms with Gasteiger partial charge in [-0.2, -0.15) is 0 Å². The van der Waals surface area contributed by atoms with Gasteiger partial charge in [-0.25, -0.2) is 4.98 Å². The van der Waals surface area contributed by atoms with E-state index in [2.05, 4.69) is 17.2 Å². The van der Waals surface area contributed by atoms with Crippen LogP contribution in [0.5, 0.6) is 0 Å². The van der Waals surface area contributed by atoms with Gasteiger partial charge in [-0.3, -0.25) is 4.79 Å². The highest BCUT2D eigenvalue weighted by Crippen LogP contribution is 2.19. The van der Waals surface area contributed by atoms with Gasteiger partial charge in [0.05, 0.1) is 6.04 Å². The van der Waals surface area contributed by atoms with Crippen molar-refractivity contribution in [3.8, 4) is 0 Å². The standard InChI is InChI=1S/C14H23N3OS/c1-10(2)14(18)17-7-4-12(5-8-17)16-11(3)13-15-6-9-19-13/h6,9-12,16H,4-5,7-8H2,1-3H3. The molecule has 0 aromatic carbocycles. The Balaban J connectivity index is 1.79. The van der Waals surface area contributed by atoms with Crippen molar-refractivity contribution in [2.24, 2.45) is 5.92 Å². The molecule has 5 heteroatoms. The number of carbonyl (C=O) groups excluding carboxylic acids is 1. The number of likely N-dealkylation sites (tertiary alicyclic amines) is 1. The molecule has 1 saturated heterocycles. The van der Waals surface area contributed by atoms with Crippen molar-refractivity contribution in [1.82, 2.24) is 15.2 Å². The first-order valence-electron chi connectivity index (χ1n) is 7.02. The second-order valence-corrected chi connectivity index (χ2v) is 6.44. The van der Waals surface area contributed by atoms with Crippen LogP contribution in [0.2, 0.25) is 0 Å². The summed E-state index contributed by atoms with van der Waals surface area (Å²) in [5.41, 5.74) is 0. The van der Waals surface area contributed by atoms with Crippen molar-refractivity contribution < 1.29 is 4.79 Å². The molecule has 4 nitrogen and oxygen atoms in total. The van der Waals surface area contributed by atoms with E-state index < -0.39 is 0 Å². The van der Waals surface area contributed by atoms with Gasteiger partial charge in [0, 0.05) is 36.6 Å². The number of nitrogens with zero attached hydrogens (tertiary/aromatic N) is 2. The van der Waals surface area contributed by atoms with Gasteiger partial charge < -0.3 is 10.2 Å². The number of piperidine rings is 1. The summed E-state index contributed by atoms with van der Waals surface area (Å²) < 4.78 is 0. The summed E-state index contributed by atoms with van der Waals surface area (Å²) in [6.45, 7) is 7.84. The van der Waals surface area contributed by atoms with Crippen molar-refractivity contribution in [2.75, 3.05) is 13.1 Å². The molecule has 1 N–H and O–H groups in total. The SMILES string of the molecule is CC(C)C(=O)N1CCC(NC(C)c2nccs2)CC1. The van der Waals surface area contributed by atoms with E-state index in [4.69, 9.17) is 0 Å². The zero-order valence-electron chi connectivity index (χ0n) is 11.9. The Morgan fingerprint density at radius 1 is 1.42 bits per heavy atom. The fraction of sp³-hybridized carbons (Fsp3) is 0.714.